The van der Waals surface area contributed by atoms with Gasteiger partial charge in [0, 0.05) is 5.92 Å². The van der Waals surface area contributed by atoms with Gasteiger partial charge in [0.05, 0.1) is 0 Å². The Balaban J connectivity index is 1.48. The van der Waals surface area contributed by atoms with Crippen molar-refractivity contribution >= 4 is 45.4 Å². The standard InChI is InChI=1S/C50H43P/c1-34-13-21-38(22-14-34)33-47(41-23-15-35(2)16-24-41)46-31-25-39-9-5-7-11-44(39)49(46)50-45-12-8-6-10-40(45)26-32-48(50)51(42-27-17-36(3)18-28-42)43-29-19-37(4)20-30-43/h5-32,47H,33H2,1-4H3. The van der Waals surface area contributed by atoms with Gasteiger partial charge in [0.1, 0.15) is 0 Å². The lowest BCUT2D eigenvalue weighted by Crippen LogP contribution is -2.23. The predicted molar refractivity (Wildman–Crippen MR) is 223 cm³/mol. The van der Waals surface area contributed by atoms with E-state index in [0.717, 1.165) is 6.42 Å². The largest absolute Gasteiger partial charge is 0.0616 e. The first-order valence-corrected chi connectivity index (χ1v) is 19.4. The van der Waals surface area contributed by atoms with E-state index in [1.807, 2.05) is 0 Å². The Bertz CT molecular complexity index is 2410. The maximum Gasteiger partial charge on any atom is 0.0136 e. The molecule has 8 aromatic carbocycles. The van der Waals surface area contributed by atoms with Crippen LogP contribution in [0.4, 0.5) is 0 Å². The number of rotatable bonds is 8. The molecule has 51 heavy (non-hydrogen) atoms. The Morgan fingerprint density at radius 2 is 0.863 bits per heavy atom. The number of benzene rings is 8. The predicted octanol–water partition coefficient (Wildman–Crippen LogP) is 12.0. The summed E-state index contributed by atoms with van der Waals surface area (Å²) in [7, 11) is -0.886. The van der Waals surface area contributed by atoms with Crippen LogP contribution in [0.2, 0.25) is 0 Å². The van der Waals surface area contributed by atoms with Gasteiger partial charge in [-0.05, 0) is 107 Å². The normalized spacial score (nSPS) is 12.1. The van der Waals surface area contributed by atoms with E-state index in [1.54, 1.807) is 0 Å². The maximum absolute atomic E-state index is 2.44. The van der Waals surface area contributed by atoms with Crippen LogP contribution in [-0.4, -0.2) is 0 Å². The van der Waals surface area contributed by atoms with Gasteiger partial charge in [-0.3, -0.25) is 0 Å². The van der Waals surface area contributed by atoms with Crippen molar-refractivity contribution in [3.05, 3.63) is 209 Å². The summed E-state index contributed by atoms with van der Waals surface area (Å²) in [5.41, 5.74) is 11.9. The molecule has 0 spiro atoms. The Morgan fingerprint density at radius 1 is 0.412 bits per heavy atom. The number of aryl methyl sites for hydroxylation is 4. The van der Waals surface area contributed by atoms with Crippen molar-refractivity contribution < 1.29 is 0 Å². The highest BCUT2D eigenvalue weighted by Gasteiger charge is 2.27. The van der Waals surface area contributed by atoms with Crippen molar-refractivity contribution in [2.75, 3.05) is 0 Å². The first kappa shape index (κ1) is 32.9. The van der Waals surface area contributed by atoms with Crippen molar-refractivity contribution in [3.8, 4) is 11.1 Å². The molecule has 0 aliphatic rings. The molecule has 0 radical (unpaired) electrons. The zero-order valence-corrected chi connectivity index (χ0v) is 30.8. The highest BCUT2D eigenvalue weighted by Crippen LogP contribution is 2.46. The minimum absolute atomic E-state index is 0.157. The zero-order chi connectivity index (χ0) is 34.9. The van der Waals surface area contributed by atoms with Gasteiger partial charge >= 0.3 is 0 Å². The molecule has 0 amide bonds. The van der Waals surface area contributed by atoms with E-state index in [-0.39, 0.29) is 5.92 Å². The second kappa shape index (κ2) is 14.1. The van der Waals surface area contributed by atoms with Crippen molar-refractivity contribution in [3.63, 3.8) is 0 Å². The molecule has 0 bridgehead atoms. The summed E-state index contributed by atoms with van der Waals surface area (Å²) >= 11 is 0. The Kier molecular flexibility index (Phi) is 9.12. The first-order valence-electron chi connectivity index (χ1n) is 18.0. The van der Waals surface area contributed by atoms with Crippen molar-refractivity contribution in [2.24, 2.45) is 0 Å². The van der Waals surface area contributed by atoms with Crippen molar-refractivity contribution in [1.82, 2.24) is 0 Å². The third-order valence-electron chi connectivity index (χ3n) is 10.4. The molecule has 0 aliphatic carbocycles. The van der Waals surface area contributed by atoms with Crippen LogP contribution in [0.5, 0.6) is 0 Å². The quantitative estimate of drug-likeness (QED) is 0.141. The monoisotopic (exact) mass is 674 g/mol. The van der Waals surface area contributed by atoms with Crippen LogP contribution in [-0.2, 0) is 6.42 Å². The summed E-state index contributed by atoms with van der Waals surface area (Å²) in [6.45, 7) is 8.72. The average Bonchev–Trinajstić information content (AvgIpc) is 3.16. The van der Waals surface area contributed by atoms with E-state index in [0.29, 0.717) is 0 Å². The van der Waals surface area contributed by atoms with Gasteiger partial charge in [0.15, 0.2) is 0 Å². The summed E-state index contributed by atoms with van der Waals surface area (Å²) in [6, 6.07) is 64.5. The number of fused-ring (bicyclic) bond motifs is 2. The minimum Gasteiger partial charge on any atom is -0.0616 e. The van der Waals surface area contributed by atoms with Crippen LogP contribution in [0.1, 0.15) is 44.9 Å². The second-order valence-corrected chi connectivity index (χ2v) is 16.3. The fourth-order valence-corrected chi connectivity index (χ4v) is 9.98. The molecule has 0 saturated carbocycles. The third kappa shape index (κ3) is 6.65. The van der Waals surface area contributed by atoms with Crippen LogP contribution in [0.3, 0.4) is 0 Å². The maximum atomic E-state index is 2.44. The van der Waals surface area contributed by atoms with Crippen molar-refractivity contribution in [1.29, 1.82) is 0 Å². The summed E-state index contributed by atoms with van der Waals surface area (Å²) in [6.07, 6.45) is 0.916. The SMILES string of the molecule is Cc1ccc(CC(c2ccc(C)cc2)c2ccc3ccccc3c2-c2c(P(c3ccc(C)cc3)c3ccc(C)cc3)ccc3ccccc23)cc1. The summed E-state index contributed by atoms with van der Waals surface area (Å²) in [5, 5.41) is 9.27. The minimum atomic E-state index is -0.886. The summed E-state index contributed by atoms with van der Waals surface area (Å²) in [5.74, 6) is 0.157. The molecule has 0 heterocycles. The smallest absolute Gasteiger partial charge is 0.0136 e. The highest BCUT2D eigenvalue weighted by molar-refractivity contribution is 7.80. The van der Waals surface area contributed by atoms with Gasteiger partial charge in [0.2, 0.25) is 0 Å². The Hall–Kier alpha value is -5.29. The zero-order valence-electron chi connectivity index (χ0n) is 29.9. The van der Waals surface area contributed by atoms with E-state index in [4.69, 9.17) is 0 Å². The topological polar surface area (TPSA) is 0 Å². The van der Waals surface area contributed by atoms with Gasteiger partial charge in [-0.1, -0.05) is 192 Å². The van der Waals surface area contributed by atoms with E-state index in [2.05, 4.69) is 198 Å². The van der Waals surface area contributed by atoms with Crippen LogP contribution >= 0.6 is 7.92 Å². The third-order valence-corrected chi connectivity index (χ3v) is 12.8. The van der Waals surface area contributed by atoms with E-state index in [9.17, 15) is 0 Å². The fourth-order valence-electron chi connectivity index (χ4n) is 7.55. The lowest BCUT2D eigenvalue weighted by molar-refractivity contribution is 0.807. The Morgan fingerprint density at radius 3 is 1.41 bits per heavy atom. The molecule has 0 aliphatic heterocycles. The lowest BCUT2D eigenvalue weighted by Gasteiger charge is -2.28. The van der Waals surface area contributed by atoms with Gasteiger partial charge < -0.3 is 0 Å². The average molecular weight is 675 g/mol. The van der Waals surface area contributed by atoms with Gasteiger partial charge in [-0.15, -0.1) is 0 Å². The number of hydrogen-bond donors (Lipinski definition) is 0. The molecule has 248 valence electrons. The highest BCUT2D eigenvalue weighted by atomic mass is 31.1. The molecule has 1 atom stereocenters. The van der Waals surface area contributed by atoms with Gasteiger partial charge in [-0.25, -0.2) is 0 Å². The summed E-state index contributed by atoms with van der Waals surface area (Å²) < 4.78 is 0. The molecular weight excluding hydrogens is 632 g/mol. The Labute approximate surface area is 304 Å². The van der Waals surface area contributed by atoms with Crippen LogP contribution in [0.25, 0.3) is 32.7 Å². The molecule has 0 saturated heterocycles. The molecule has 8 aromatic rings. The molecule has 0 aromatic heterocycles. The summed E-state index contributed by atoms with van der Waals surface area (Å²) in [4.78, 5) is 0. The molecular formula is C50H43P. The van der Waals surface area contributed by atoms with Crippen LogP contribution in [0.15, 0.2) is 170 Å². The number of hydrogen-bond acceptors (Lipinski definition) is 0. The van der Waals surface area contributed by atoms with Gasteiger partial charge in [0.25, 0.3) is 0 Å². The van der Waals surface area contributed by atoms with Gasteiger partial charge in [-0.2, -0.15) is 0 Å². The van der Waals surface area contributed by atoms with E-state index < -0.39 is 7.92 Å². The van der Waals surface area contributed by atoms with E-state index in [1.165, 1.54) is 87.5 Å². The molecule has 0 N–H and O–H groups in total. The fraction of sp³-hybridized carbons (Fsp3) is 0.120. The van der Waals surface area contributed by atoms with Crippen LogP contribution < -0.4 is 15.9 Å². The van der Waals surface area contributed by atoms with Crippen molar-refractivity contribution in [2.45, 2.75) is 40.0 Å². The molecule has 1 unspecified atom stereocenters. The van der Waals surface area contributed by atoms with E-state index >= 15 is 0 Å². The molecule has 0 fully saturated rings. The molecule has 0 nitrogen and oxygen atoms in total. The lowest BCUT2D eigenvalue weighted by atomic mass is 9.79. The van der Waals surface area contributed by atoms with Crippen LogP contribution in [0, 0.1) is 27.7 Å². The molecule has 1 heteroatoms. The second-order valence-electron chi connectivity index (χ2n) is 14.1. The first-order chi connectivity index (χ1) is 24.9. The molecule has 8 rings (SSSR count).